The molecule has 1 aromatic carbocycles. The van der Waals surface area contributed by atoms with E-state index < -0.39 is 36.8 Å². The lowest BCUT2D eigenvalue weighted by Crippen LogP contribution is -2.29. The van der Waals surface area contributed by atoms with Crippen LogP contribution < -0.4 is 0 Å². The molecule has 3 aromatic rings. The fourth-order valence-electron chi connectivity index (χ4n) is 2.51. The number of phenols is 1. The van der Waals surface area contributed by atoms with Crippen molar-refractivity contribution >= 4 is 26.1 Å². The number of aromatic hydroxyl groups is 1. The molecule has 3 rings (SSSR count). The number of hydrogen-bond donors (Lipinski definition) is 1. The quantitative estimate of drug-likeness (QED) is 0.352. The van der Waals surface area contributed by atoms with Crippen molar-refractivity contribution in [3.05, 3.63) is 70.8 Å². The predicted octanol–water partition coefficient (Wildman–Crippen LogP) is 0.280. The van der Waals surface area contributed by atoms with Crippen LogP contribution in [0.5, 0.6) is 5.75 Å². The first-order valence-corrected chi connectivity index (χ1v) is 11.9. The molecular weight excluding hydrogens is 478 g/mol. The summed E-state index contributed by atoms with van der Waals surface area (Å²) < 4.78 is 50.9. The monoisotopic (exact) mass is 501 g/mol. The standard InChI is InChI=1S/C12H14N4O5S.C5H9N3O2S/c1-14(2)22(20,21)15-7-6-13-11(15)8-9-4-3-5-10(17)12(9)16(18)19;1-7(2)11(9,10)8-4-3-6-5-8/h3-7,17H,8H2,1-2H3;3-5H,1-2H3. The summed E-state index contributed by atoms with van der Waals surface area (Å²) >= 11 is 0. The van der Waals surface area contributed by atoms with Crippen LogP contribution in [0.1, 0.15) is 11.4 Å². The number of nitrogens with zero attached hydrogens (tertiary/aromatic N) is 7. The molecule has 0 amide bonds. The highest BCUT2D eigenvalue weighted by molar-refractivity contribution is 7.87. The van der Waals surface area contributed by atoms with E-state index in [1.54, 1.807) is 0 Å². The summed E-state index contributed by atoms with van der Waals surface area (Å²) in [6.07, 6.45) is 6.50. The second-order valence-corrected chi connectivity index (χ2v) is 10.9. The number of nitro groups is 1. The van der Waals surface area contributed by atoms with Gasteiger partial charge in [-0.15, -0.1) is 0 Å². The van der Waals surface area contributed by atoms with E-state index in [-0.39, 0.29) is 17.8 Å². The Labute approximate surface area is 190 Å². The molecule has 2 heterocycles. The number of nitro benzene ring substituents is 1. The Balaban J connectivity index is 0.000000294. The van der Waals surface area contributed by atoms with Gasteiger partial charge in [-0.2, -0.15) is 25.4 Å². The van der Waals surface area contributed by atoms with Gasteiger partial charge in [-0.3, -0.25) is 10.1 Å². The van der Waals surface area contributed by atoms with Crippen molar-refractivity contribution in [2.75, 3.05) is 28.2 Å². The first kappa shape index (κ1) is 25.9. The Kier molecular flexibility index (Phi) is 7.91. The van der Waals surface area contributed by atoms with Crippen molar-refractivity contribution in [2.24, 2.45) is 0 Å². The van der Waals surface area contributed by atoms with Crippen LogP contribution >= 0.6 is 0 Å². The first-order valence-electron chi connectivity index (χ1n) is 9.11. The van der Waals surface area contributed by atoms with Crippen molar-refractivity contribution in [1.29, 1.82) is 0 Å². The van der Waals surface area contributed by atoms with Crippen molar-refractivity contribution < 1.29 is 26.9 Å². The van der Waals surface area contributed by atoms with E-state index in [1.807, 2.05) is 0 Å². The van der Waals surface area contributed by atoms with Crippen molar-refractivity contribution in [2.45, 2.75) is 6.42 Å². The number of benzene rings is 1. The highest BCUT2D eigenvalue weighted by atomic mass is 32.2. The maximum Gasteiger partial charge on any atom is 0.314 e. The minimum atomic E-state index is -3.77. The molecule has 1 N–H and O–H groups in total. The zero-order valence-corrected chi connectivity index (χ0v) is 19.8. The predicted molar refractivity (Wildman–Crippen MR) is 118 cm³/mol. The fraction of sp³-hybridized carbons (Fsp3) is 0.294. The molecular formula is C17H23N7O7S2. The molecule has 0 aliphatic rings. The van der Waals surface area contributed by atoms with E-state index >= 15 is 0 Å². The van der Waals surface area contributed by atoms with Crippen LogP contribution in [0.4, 0.5) is 5.69 Å². The second-order valence-electron chi connectivity index (χ2n) is 6.83. The molecule has 0 saturated carbocycles. The van der Waals surface area contributed by atoms with Gasteiger partial charge in [0.25, 0.3) is 0 Å². The number of aromatic nitrogens is 4. The summed E-state index contributed by atoms with van der Waals surface area (Å²) in [5.41, 5.74) is -0.286. The molecule has 0 aliphatic carbocycles. The summed E-state index contributed by atoms with van der Waals surface area (Å²) in [6, 6.07) is 4.09. The summed E-state index contributed by atoms with van der Waals surface area (Å²) in [5, 5.41) is 20.7. The molecule has 0 fully saturated rings. The Morgan fingerprint density at radius 1 is 1.03 bits per heavy atom. The molecule has 0 unspecified atom stereocenters. The van der Waals surface area contributed by atoms with Crippen LogP contribution in [-0.2, 0) is 26.8 Å². The van der Waals surface area contributed by atoms with E-state index in [0.717, 1.165) is 16.6 Å². The lowest BCUT2D eigenvalue weighted by atomic mass is 10.1. The molecule has 2 aromatic heterocycles. The Bertz CT molecular complexity index is 1320. The van der Waals surface area contributed by atoms with Crippen LogP contribution in [0.2, 0.25) is 0 Å². The van der Waals surface area contributed by atoms with Gasteiger partial charge in [0.15, 0.2) is 5.75 Å². The average Bonchev–Trinajstić information content (AvgIpc) is 3.40. The molecule has 0 atom stereocenters. The Morgan fingerprint density at radius 2 is 1.67 bits per heavy atom. The topological polar surface area (TPSA) is 174 Å². The van der Waals surface area contributed by atoms with Gasteiger partial charge >= 0.3 is 26.1 Å². The van der Waals surface area contributed by atoms with Crippen molar-refractivity contribution in [3.8, 4) is 5.75 Å². The van der Waals surface area contributed by atoms with E-state index in [2.05, 4.69) is 9.97 Å². The van der Waals surface area contributed by atoms with Gasteiger partial charge in [0, 0.05) is 65.0 Å². The molecule has 180 valence electrons. The van der Waals surface area contributed by atoms with Gasteiger partial charge in [-0.1, -0.05) is 12.1 Å². The number of hydrogen-bond acceptors (Lipinski definition) is 9. The molecule has 0 bridgehead atoms. The number of imidazole rings is 2. The van der Waals surface area contributed by atoms with Crippen LogP contribution in [0, 0.1) is 10.1 Å². The Hall–Kier alpha value is -3.34. The van der Waals surface area contributed by atoms with Gasteiger partial charge in [0.1, 0.15) is 12.2 Å². The largest absolute Gasteiger partial charge is 0.502 e. The molecule has 14 nitrogen and oxygen atoms in total. The van der Waals surface area contributed by atoms with E-state index in [9.17, 15) is 32.1 Å². The van der Waals surface area contributed by atoms with E-state index in [1.165, 1.54) is 77.5 Å². The lowest BCUT2D eigenvalue weighted by molar-refractivity contribution is -0.386. The highest BCUT2D eigenvalue weighted by Crippen LogP contribution is 2.30. The number of rotatable bonds is 7. The molecule has 0 saturated heterocycles. The average molecular weight is 502 g/mol. The van der Waals surface area contributed by atoms with Gasteiger partial charge in [0.05, 0.1) is 4.92 Å². The molecule has 0 spiro atoms. The smallest absolute Gasteiger partial charge is 0.314 e. The maximum absolute atomic E-state index is 12.2. The third kappa shape index (κ3) is 5.72. The molecule has 33 heavy (non-hydrogen) atoms. The van der Waals surface area contributed by atoms with E-state index in [4.69, 9.17) is 0 Å². The van der Waals surface area contributed by atoms with Crippen LogP contribution in [0.15, 0.2) is 49.3 Å². The minimum absolute atomic E-state index is 0.106. The first-order chi connectivity index (χ1) is 15.3. The summed E-state index contributed by atoms with van der Waals surface area (Å²) in [7, 11) is -1.44. The van der Waals surface area contributed by atoms with Gasteiger partial charge in [0.2, 0.25) is 0 Å². The molecule has 0 radical (unpaired) electrons. The van der Waals surface area contributed by atoms with Gasteiger partial charge < -0.3 is 5.11 Å². The number of phenolic OH excluding ortho intramolecular Hbond substituents is 1. The summed E-state index contributed by atoms with van der Waals surface area (Å²) in [6.45, 7) is 0. The SMILES string of the molecule is CN(C)S(=O)(=O)n1ccnc1.CN(C)S(=O)(=O)n1ccnc1Cc1cccc(O)c1[N+](=O)[O-]. The van der Waals surface area contributed by atoms with E-state index in [0.29, 0.717) is 0 Å². The fourth-order valence-corrected chi connectivity index (χ4v) is 4.20. The van der Waals surface area contributed by atoms with Gasteiger partial charge in [-0.05, 0) is 6.07 Å². The zero-order valence-electron chi connectivity index (χ0n) is 18.2. The van der Waals surface area contributed by atoms with Crippen molar-refractivity contribution in [3.63, 3.8) is 0 Å². The summed E-state index contributed by atoms with van der Waals surface area (Å²) in [4.78, 5) is 17.9. The maximum atomic E-state index is 12.2. The normalized spacial score (nSPS) is 11.9. The zero-order chi connectivity index (χ0) is 25.0. The lowest BCUT2D eigenvalue weighted by Gasteiger charge is -2.14. The van der Waals surface area contributed by atoms with Crippen molar-refractivity contribution in [1.82, 2.24) is 26.5 Å². The van der Waals surface area contributed by atoms with Crippen LogP contribution in [0.3, 0.4) is 0 Å². The Morgan fingerprint density at radius 3 is 2.18 bits per heavy atom. The molecule has 16 heteroatoms. The van der Waals surface area contributed by atoms with Crippen LogP contribution in [-0.4, -0.2) is 81.6 Å². The molecule has 0 aliphatic heterocycles. The number of para-hydroxylation sites is 1. The second kappa shape index (κ2) is 10.1. The van der Waals surface area contributed by atoms with Gasteiger partial charge in [-0.25, -0.2) is 17.9 Å². The minimum Gasteiger partial charge on any atom is -0.502 e. The summed E-state index contributed by atoms with van der Waals surface area (Å²) in [5.74, 6) is -0.363. The highest BCUT2D eigenvalue weighted by Gasteiger charge is 2.24. The van der Waals surface area contributed by atoms with Crippen LogP contribution in [0.25, 0.3) is 0 Å². The third-order valence-corrected chi connectivity index (χ3v) is 7.65. The third-order valence-electron chi connectivity index (χ3n) is 4.23.